The van der Waals surface area contributed by atoms with Crippen molar-refractivity contribution in [3.05, 3.63) is 35.4 Å². The minimum absolute atomic E-state index is 0.233. The predicted molar refractivity (Wildman–Crippen MR) is 74.0 cm³/mol. The third-order valence-electron chi connectivity index (χ3n) is 2.88. The van der Waals surface area contributed by atoms with E-state index < -0.39 is 0 Å². The van der Waals surface area contributed by atoms with E-state index in [-0.39, 0.29) is 5.41 Å². The van der Waals surface area contributed by atoms with Crippen molar-refractivity contribution >= 4 is 12.6 Å². The van der Waals surface area contributed by atoms with Crippen molar-refractivity contribution in [1.29, 1.82) is 0 Å². The number of hydrogen-bond acceptors (Lipinski definition) is 1. The number of rotatable bonds is 3. The molecule has 15 heavy (non-hydrogen) atoms. The lowest BCUT2D eigenvalue weighted by molar-refractivity contribution is 0.517. The monoisotopic (exact) mass is 224 g/mol. The number of thiol groups is 1. The fraction of sp³-hybridized carbons (Fsp3) is 0.571. The second kappa shape index (κ2) is 6.95. The molecule has 0 spiro atoms. The van der Waals surface area contributed by atoms with Gasteiger partial charge in [-0.2, -0.15) is 12.6 Å². The van der Waals surface area contributed by atoms with Gasteiger partial charge in [0.05, 0.1) is 0 Å². The van der Waals surface area contributed by atoms with Gasteiger partial charge in [0.2, 0.25) is 0 Å². The van der Waals surface area contributed by atoms with Crippen LogP contribution in [0.25, 0.3) is 0 Å². The molecule has 0 heterocycles. The molecule has 1 atom stereocenters. The highest BCUT2D eigenvalue weighted by molar-refractivity contribution is 7.80. The summed E-state index contributed by atoms with van der Waals surface area (Å²) in [6, 6.07) is 8.78. The van der Waals surface area contributed by atoms with Crippen LogP contribution in [0.15, 0.2) is 24.3 Å². The average Bonchev–Trinajstić information content (AvgIpc) is 2.31. The Morgan fingerprint density at radius 1 is 1.13 bits per heavy atom. The van der Waals surface area contributed by atoms with Crippen LogP contribution in [0.4, 0.5) is 0 Å². The summed E-state index contributed by atoms with van der Waals surface area (Å²) in [5.41, 5.74) is 2.95. The summed E-state index contributed by atoms with van der Waals surface area (Å²) >= 11 is 4.42. The van der Waals surface area contributed by atoms with Crippen LogP contribution >= 0.6 is 12.6 Å². The highest BCUT2D eigenvalue weighted by Gasteiger charge is 2.21. The number of aryl methyl sites for hydroxylation is 1. The second-order valence-corrected chi connectivity index (χ2v) is 4.25. The molecule has 0 aliphatic rings. The second-order valence-electron chi connectivity index (χ2n) is 3.94. The maximum Gasteiger partial charge on any atom is 0.00102 e. The van der Waals surface area contributed by atoms with E-state index in [0.717, 1.165) is 12.2 Å². The molecule has 1 unspecified atom stereocenters. The topological polar surface area (TPSA) is 0 Å². The maximum absolute atomic E-state index is 4.42. The summed E-state index contributed by atoms with van der Waals surface area (Å²) in [6.45, 7) is 10.6. The van der Waals surface area contributed by atoms with Gasteiger partial charge in [-0.3, -0.25) is 0 Å². The molecule has 0 aliphatic carbocycles. The van der Waals surface area contributed by atoms with Crippen molar-refractivity contribution in [1.82, 2.24) is 0 Å². The van der Waals surface area contributed by atoms with Crippen LogP contribution in [0, 0.1) is 6.92 Å². The summed E-state index contributed by atoms with van der Waals surface area (Å²) < 4.78 is 0. The molecule has 0 fully saturated rings. The molecule has 0 nitrogen and oxygen atoms in total. The van der Waals surface area contributed by atoms with Crippen LogP contribution in [0.3, 0.4) is 0 Å². The molecule has 1 rings (SSSR count). The van der Waals surface area contributed by atoms with Gasteiger partial charge in [-0.15, -0.1) is 0 Å². The van der Waals surface area contributed by atoms with Crippen LogP contribution in [-0.2, 0) is 5.41 Å². The molecular weight excluding hydrogens is 200 g/mol. The molecular formula is C14H24S. The molecule has 0 aliphatic heterocycles. The summed E-state index contributed by atoms with van der Waals surface area (Å²) in [4.78, 5) is 0. The predicted octanol–water partition coefficient (Wildman–Crippen LogP) is 4.62. The van der Waals surface area contributed by atoms with Gasteiger partial charge in [0, 0.05) is 5.41 Å². The lowest BCUT2D eigenvalue weighted by atomic mass is 9.82. The Kier molecular flexibility index (Phi) is 6.75. The van der Waals surface area contributed by atoms with Crippen LogP contribution < -0.4 is 0 Å². The van der Waals surface area contributed by atoms with Gasteiger partial charge in [0.15, 0.2) is 0 Å². The molecule has 1 heteroatoms. The van der Waals surface area contributed by atoms with E-state index in [4.69, 9.17) is 0 Å². The van der Waals surface area contributed by atoms with Crippen molar-refractivity contribution in [3.63, 3.8) is 0 Å². The molecule has 0 N–H and O–H groups in total. The average molecular weight is 224 g/mol. The smallest absolute Gasteiger partial charge is 0.00102 e. The normalized spacial score (nSPS) is 13.7. The van der Waals surface area contributed by atoms with E-state index in [1.807, 2.05) is 13.8 Å². The molecule has 0 amide bonds. The van der Waals surface area contributed by atoms with Gasteiger partial charge in [-0.05, 0) is 24.7 Å². The summed E-state index contributed by atoms with van der Waals surface area (Å²) in [7, 11) is 0. The van der Waals surface area contributed by atoms with Crippen molar-refractivity contribution < 1.29 is 0 Å². The lowest BCUT2D eigenvalue weighted by Crippen LogP contribution is -2.22. The van der Waals surface area contributed by atoms with Gasteiger partial charge < -0.3 is 0 Å². The van der Waals surface area contributed by atoms with Crippen LogP contribution in [-0.4, -0.2) is 5.75 Å². The van der Waals surface area contributed by atoms with Crippen molar-refractivity contribution in [2.45, 2.75) is 46.5 Å². The van der Waals surface area contributed by atoms with E-state index in [0.29, 0.717) is 0 Å². The van der Waals surface area contributed by atoms with Gasteiger partial charge in [-0.1, -0.05) is 57.5 Å². The molecule has 0 saturated heterocycles. The van der Waals surface area contributed by atoms with E-state index >= 15 is 0 Å². The van der Waals surface area contributed by atoms with E-state index in [9.17, 15) is 0 Å². The van der Waals surface area contributed by atoms with Crippen LogP contribution in [0.5, 0.6) is 0 Å². The summed E-state index contributed by atoms with van der Waals surface area (Å²) in [5.74, 6) is 0.909. The number of benzene rings is 1. The molecule has 0 bridgehead atoms. The fourth-order valence-electron chi connectivity index (χ4n) is 1.36. The van der Waals surface area contributed by atoms with Crippen molar-refractivity contribution in [2.24, 2.45) is 0 Å². The molecule has 0 saturated carbocycles. The summed E-state index contributed by atoms with van der Waals surface area (Å²) in [5, 5.41) is 0. The van der Waals surface area contributed by atoms with E-state index in [1.54, 1.807) is 0 Å². The van der Waals surface area contributed by atoms with Gasteiger partial charge in [0.1, 0.15) is 0 Å². The lowest BCUT2D eigenvalue weighted by Gasteiger charge is -2.26. The first-order valence-electron chi connectivity index (χ1n) is 5.80. The minimum Gasteiger partial charge on any atom is -0.178 e. The zero-order valence-corrected chi connectivity index (χ0v) is 11.6. The quantitative estimate of drug-likeness (QED) is 0.712. The van der Waals surface area contributed by atoms with E-state index in [1.165, 1.54) is 11.1 Å². The third-order valence-corrected chi connectivity index (χ3v) is 3.58. The highest BCUT2D eigenvalue weighted by Crippen LogP contribution is 2.28. The number of hydrogen-bond donors (Lipinski definition) is 1. The van der Waals surface area contributed by atoms with Gasteiger partial charge in [0.25, 0.3) is 0 Å². The molecule has 0 aromatic heterocycles. The first-order chi connectivity index (χ1) is 7.12. The standard InChI is InChI=1S/C12H18S.C2H6/c1-4-12(3,9-13)11-7-5-10(2)6-8-11;1-2/h5-8,13H,4,9H2,1-3H3;1-2H3. The molecule has 1 aromatic rings. The third kappa shape index (κ3) is 3.90. The zero-order chi connectivity index (χ0) is 11.9. The maximum atomic E-state index is 4.42. The van der Waals surface area contributed by atoms with Crippen LogP contribution in [0.1, 0.15) is 45.2 Å². The van der Waals surface area contributed by atoms with Crippen molar-refractivity contribution in [2.75, 3.05) is 5.75 Å². The Morgan fingerprint density at radius 3 is 1.93 bits per heavy atom. The molecule has 86 valence electrons. The van der Waals surface area contributed by atoms with Crippen LogP contribution in [0.2, 0.25) is 0 Å². The van der Waals surface area contributed by atoms with Gasteiger partial charge in [-0.25, -0.2) is 0 Å². The Bertz CT molecular complexity index is 257. The molecule has 1 aromatic carbocycles. The minimum atomic E-state index is 0.233. The Labute approximate surface area is 101 Å². The van der Waals surface area contributed by atoms with Crippen molar-refractivity contribution in [3.8, 4) is 0 Å². The first kappa shape index (κ1) is 14.6. The van der Waals surface area contributed by atoms with E-state index in [2.05, 4.69) is 57.7 Å². The SMILES string of the molecule is CC.CCC(C)(CS)c1ccc(C)cc1. The fourth-order valence-corrected chi connectivity index (χ4v) is 1.77. The Morgan fingerprint density at radius 2 is 1.60 bits per heavy atom. The van der Waals surface area contributed by atoms with Gasteiger partial charge >= 0.3 is 0 Å². The molecule has 0 radical (unpaired) electrons. The zero-order valence-electron chi connectivity index (χ0n) is 10.7. The Balaban J connectivity index is 0.000000921. The Hall–Kier alpha value is -0.430. The highest BCUT2D eigenvalue weighted by atomic mass is 32.1. The largest absolute Gasteiger partial charge is 0.178 e. The summed E-state index contributed by atoms with van der Waals surface area (Å²) in [6.07, 6.45) is 1.14. The first-order valence-corrected chi connectivity index (χ1v) is 6.43.